The fourth-order valence-electron chi connectivity index (χ4n) is 4.23. The smallest absolute Gasteiger partial charge is 0.193 e. The topological polar surface area (TPSA) is 50.4 Å². The average molecular weight is 273 g/mol. The monoisotopic (exact) mass is 273 g/mol. The van der Waals surface area contributed by atoms with Crippen molar-refractivity contribution in [2.45, 2.75) is 58.4 Å². The van der Waals surface area contributed by atoms with Crippen LogP contribution in [0, 0.1) is 17.8 Å². The molecule has 3 nitrogen and oxygen atoms in total. The lowest BCUT2D eigenvalue weighted by Gasteiger charge is -2.38. The van der Waals surface area contributed by atoms with Crippen molar-refractivity contribution in [3.63, 3.8) is 0 Å². The van der Waals surface area contributed by atoms with E-state index in [1.807, 2.05) is 0 Å². The highest BCUT2D eigenvalue weighted by Crippen LogP contribution is 2.48. The van der Waals surface area contributed by atoms with Gasteiger partial charge in [-0.3, -0.25) is 0 Å². The summed E-state index contributed by atoms with van der Waals surface area (Å²) in [6.07, 6.45) is 12.3. The number of nitrogens with one attached hydrogen (secondary N) is 1. The van der Waals surface area contributed by atoms with Gasteiger partial charge in [0.25, 0.3) is 0 Å². The van der Waals surface area contributed by atoms with Crippen LogP contribution in [0.1, 0.15) is 52.4 Å². The first-order chi connectivity index (χ1) is 9.70. The van der Waals surface area contributed by atoms with Gasteiger partial charge in [-0.1, -0.05) is 38.8 Å². The molecule has 0 radical (unpaired) electrons. The molecule has 1 heterocycles. The Morgan fingerprint density at radius 1 is 1.40 bits per heavy atom. The summed E-state index contributed by atoms with van der Waals surface area (Å²) in [5.41, 5.74) is 8.86. The Kier molecular flexibility index (Phi) is 3.86. The van der Waals surface area contributed by atoms with Crippen molar-refractivity contribution in [2.24, 2.45) is 28.5 Å². The van der Waals surface area contributed by atoms with Gasteiger partial charge in [-0.2, -0.15) is 0 Å². The highest BCUT2D eigenvalue weighted by molar-refractivity contribution is 5.81. The number of allylic oxidation sites excluding steroid dienone is 3. The van der Waals surface area contributed by atoms with Gasteiger partial charge in [0.05, 0.1) is 6.04 Å². The molecule has 0 bridgehead atoms. The zero-order chi connectivity index (χ0) is 14.1. The van der Waals surface area contributed by atoms with Crippen molar-refractivity contribution < 1.29 is 0 Å². The van der Waals surface area contributed by atoms with Crippen LogP contribution in [-0.2, 0) is 0 Å². The molecule has 3 N–H and O–H groups in total. The number of guanidine groups is 1. The number of hydrogen-bond acceptors (Lipinski definition) is 3. The Hall–Kier alpha value is -1.25. The largest absolute Gasteiger partial charge is 0.370 e. The van der Waals surface area contributed by atoms with E-state index >= 15 is 0 Å². The third-order valence-corrected chi connectivity index (χ3v) is 5.18. The Labute approximate surface area is 122 Å². The van der Waals surface area contributed by atoms with Crippen LogP contribution in [0.25, 0.3) is 0 Å². The van der Waals surface area contributed by atoms with E-state index in [4.69, 9.17) is 5.73 Å². The maximum Gasteiger partial charge on any atom is 0.193 e. The van der Waals surface area contributed by atoms with E-state index in [0.717, 1.165) is 5.92 Å². The molecule has 3 heteroatoms. The van der Waals surface area contributed by atoms with Gasteiger partial charge in [-0.15, -0.1) is 0 Å². The van der Waals surface area contributed by atoms with Crippen LogP contribution < -0.4 is 11.1 Å². The molecule has 0 aromatic rings. The van der Waals surface area contributed by atoms with Crippen LogP contribution in [0.4, 0.5) is 0 Å². The summed E-state index contributed by atoms with van der Waals surface area (Å²) in [5.74, 6) is 2.67. The average Bonchev–Trinajstić information content (AvgIpc) is 2.80. The van der Waals surface area contributed by atoms with Crippen molar-refractivity contribution in [2.75, 3.05) is 0 Å². The van der Waals surface area contributed by atoms with Crippen LogP contribution in [0.15, 0.2) is 28.4 Å². The summed E-state index contributed by atoms with van der Waals surface area (Å²) in [6, 6.07) is 0.433. The van der Waals surface area contributed by atoms with E-state index in [9.17, 15) is 0 Å². The predicted octanol–water partition coefficient (Wildman–Crippen LogP) is 3.34. The van der Waals surface area contributed by atoms with Crippen molar-refractivity contribution in [1.29, 1.82) is 0 Å². The van der Waals surface area contributed by atoms with Crippen LogP contribution in [0.5, 0.6) is 0 Å². The fourth-order valence-corrected chi connectivity index (χ4v) is 4.23. The number of aliphatic imine (C=N–C) groups is 1. The van der Waals surface area contributed by atoms with Crippen LogP contribution in [0.3, 0.4) is 0 Å². The van der Waals surface area contributed by atoms with Gasteiger partial charge < -0.3 is 11.1 Å². The predicted molar refractivity (Wildman–Crippen MR) is 84.2 cm³/mol. The molecule has 0 spiro atoms. The van der Waals surface area contributed by atoms with E-state index in [1.54, 1.807) is 0 Å². The summed E-state index contributed by atoms with van der Waals surface area (Å²) < 4.78 is 0. The molecule has 0 amide bonds. The lowest BCUT2D eigenvalue weighted by Crippen LogP contribution is -2.45. The maximum absolute atomic E-state index is 5.99. The summed E-state index contributed by atoms with van der Waals surface area (Å²) in [7, 11) is 0. The maximum atomic E-state index is 5.99. The highest BCUT2D eigenvalue weighted by Gasteiger charge is 2.45. The molecule has 110 valence electrons. The van der Waals surface area contributed by atoms with Crippen molar-refractivity contribution >= 4 is 5.96 Å². The highest BCUT2D eigenvalue weighted by atomic mass is 15.2. The molecule has 1 saturated carbocycles. The minimum atomic E-state index is 0.433. The molecule has 3 aliphatic rings. The van der Waals surface area contributed by atoms with Crippen molar-refractivity contribution in [3.8, 4) is 0 Å². The SMILES string of the molecule is CCCC/C=C/C1=C2NC(N)=N[C@H]3CC[C@@H](C[C@@H]1C)[C@@H]23. The van der Waals surface area contributed by atoms with Gasteiger partial charge in [0, 0.05) is 11.6 Å². The number of nitrogens with two attached hydrogens (primary N) is 1. The first-order valence-electron chi connectivity index (χ1n) is 8.21. The first-order valence-corrected chi connectivity index (χ1v) is 8.21. The first kappa shape index (κ1) is 13.7. The fraction of sp³-hybridized carbons (Fsp3) is 0.706. The number of hydrogen-bond donors (Lipinski definition) is 2. The number of rotatable bonds is 4. The molecule has 20 heavy (non-hydrogen) atoms. The lowest BCUT2D eigenvalue weighted by molar-refractivity contribution is 0.309. The molecule has 1 aliphatic heterocycles. The second-order valence-corrected chi connectivity index (χ2v) is 6.62. The van der Waals surface area contributed by atoms with E-state index < -0.39 is 0 Å². The zero-order valence-corrected chi connectivity index (χ0v) is 12.7. The number of unbranched alkanes of at least 4 members (excludes halogenated alkanes) is 2. The third-order valence-electron chi connectivity index (χ3n) is 5.18. The van der Waals surface area contributed by atoms with Gasteiger partial charge in [-0.25, -0.2) is 4.99 Å². The van der Waals surface area contributed by atoms with Gasteiger partial charge >= 0.3 is 0 Å². The van der Waals surface area contributed by atoms with Crippen molar-refractivity contribution in [1.82, 2.24) is 5.32 Å². The van der Waals surface area contributed by atoms with E-state index in [0.29, 0.717) is 23.8 Å². The van der Waals surface area contributed by atoms with Crippen LogP contribution >= 0.6 is 0 Å². The van der Waals surface area contributed by atoms with Crippen molar-refractivity contribution in [3.05, 3.63) is 23.4 Å². The Morgan fingerprint density at radius 3 is 3.05 bits per heavy atom. The molecular weight excluding hydrogens is 246 g/mol. The molecular formula is C17H27N3. The molecule has 0 aromatic carbocycles. The Morgan fingerprint density at radius 2 is 2.25 bits per heavy atom. The second kappa shape index (κ2) is 5.63. The van der Waals surface area contributed by atoms with Gasteiger partial charge in [0.2, 0.25) is 0 Å². The summed E-state index contributed by atoms with van der Waals surface area (Å²) >= 11 is 0. The van der Waals surface area contributed by atoms with E-state index in [-0.39, 0.29) is 0 Å². The minimum absolute atomic E-state index is 0.433. The standard InChI is InChI=1S/C17H27N3/c1-3-4-5-6-7-13-11(2)10-12-8-9-14-15(12)16(13)20-17(18)19-14/h6-7,11-12,14-15H,3-5,8-10H2,1-2H3,(H3,18,19,20)/b7-6+/t11-,12-,14-,15+/m0/s1. The summed E-state index contributed by atoms with van der Waals surface area (Å²) in [4.78, 5) is 4.62. The summed E-state index contributed by atoms with van der Waals surface area (Å²) in [5, 5.41) is 3.40. The molecule has 4 atom stereocenters. The molecule has 3 rings (SSSR count). The third kappa shape index (κ3) is 2.38. The minimum Gasteiger partial charge on any atom is -0.370 e. The summed E-state index contributed by atoms with van der Waals surface area (Å²) in [6.45, 7) is 4.60. The molecule has 2 aliphatic carbocycles. The van der Waals surface area contributed by atoms with Gasteiger partial charge in [0.1, 0.15) is 0 Å². The normalized spacial score (nSPS) is 36.0. The van der Waals surface area contributed by atoms with E-state index in [1.165, 1.54) is 49.8 Å². The van der Waals surface area contributed by atoms with Gasteiger partial charge in [-0.05, 0) is 43.1 Å². The Bertz CT molecular complexity index is 461. The molecule has 0 unspecified atom stereocenters. The molecule has 0 saturated heterocycles. The van der Waals surface area contributed by atoms with E-state index in [2.05, 4.69) is 36.3 Å². The lowest BCUT2D eigenvalue weighted by atomic mass is 9.73. The zero-order valence-electron chi connectivity index (χ0n) is 12.7. The number of nitrogens with zero attached hydrogens (tertiary/aromatic N) is 1. The van der Waals surface area contributed by atoms with Crippen LogP contribution in [0.2, 0.25) is 0 Å². The molecule has 0 aromatic heterocycles. The van der Waals surface area contributed by atoms with Crippen LogP contribution in [-0.4, -0.2) is 12.0 Å². The van der Waals surface area contributed by atoms with Gasteiger partial charge in [0.15, 0.2) is 5.96 Å². The second-order valence-electron chi connectivity index (χ2n) is 6.62. The molecule has 1 fully saturated rings. The quantitative estimate of drug-likeness (QED) is 0.772. The Balaban J connectivity index is 1.89.